The average molecular weight is 257 g/mol. The second-order valence-corrected chi connectivity index (χ2v) is 7.65. The predicted octanol–water partition coefficient (Wildman–Crippen LogP) is 3.07. The van der Waals surface area contributed by atoms with E-state index in [1.165, 1.54) is 25.5 Å². The van der Waals surface area contributed by atoms with Crippen LogP contribution in [-0.2, 0) is 9.84 Å². The Morgan fingerprint density at radius 3 is 2.12 bits per heavy atom. The Labute approximate surface area is 105 Å². The Hall–Kier alpha value is -0.560. The fourth-order valence-corrected chi connectivity index (χ4v) is 3.34. The van der Waals surface area contributed by atoms with E-state index >= 15 is 0 Å². The maximum atomic E-state index is 11.1. The van der Waals surface area contributed by atoms with E-state index in [-0.39, 0.29) is 11.2 Å². The van der Waals surface area contributed by atoms with E-state index in [0.717, 1.165) is 32.1 Å². The van der Waals surface area contributed by atoms with Crippen molar-refractivity contribution in [3.8, 4) is 6.07 Å². The molecule has 3 nitrogen and oxygen atoms in total. The van der Waals surface area contributed by atoms with Crippen LogP contribution in [0.1, 0.15) is 57.8 Å². The number of rotatable bonds is 4. The molecule has 17 heavy (non-hydrogen) atoms. The molecule has 0 amide bonds. The van der Waals surface area contributed by atoms with Gasteiger partial charge in [0.1, 0.15) is 9.84 Å². The minimum Gasteiger partial charge on any atom is -0.229 e. The lowest BCUT2D eigenvalue weighted by atomic mass is 9.74. The van der Waals surface area contributed by atoms with E-state index in [1.807, 2.05) is 0 Å². The van der Waals surface area contributed by atoms with Crippen molar-refractivity contribution >= 4 is 9.84 Å². The van der Waals surface area contributed by atoms with Crippen LogP contribution in [0.3, 0.4) is 0 Å². The molecule has 0 aliphatic heterocycles. The molecule has 0 aromatic heterocycles. The van der Waals surface area contributed by atoms with Gasteiger partial charge in [-0.1, -0.05) is 32.1 Å². The number of nitrogens with zero attached hydrogens (tertiary/aromatic N) is 1. The molecule has 0 heterocycles. The SMILES string of the molecule is CS(=O)(=O)CCCC1(C#N)CCCCCCC1. The van der Waals surface area contributed by atoms with Crippen molar-refractivity contribution < 1.29 is 8.42 Å². The molecular weight excluding hydrogens is 234 g/mol. The Morgan fingerprint density at radius 2 is 1.65 bits per heavy atom. The third-order valence-corrected chi connectivity index (χ3v) is 4.75. The van der Waals surface area contributed by atoms with Gasteiger partial charge in [0.15, 0.2) is 0 Å². The quantitative estimate of drug-likeness (QED) is 0.777. The van der Waals surface area contributed by atoms with Gasteiger partial charge in [0, 0.05) is 12.0 Å². The largest absolute Gasteiger partial charge is 0.229 e. The fourth-order valence-electron chi connectivity index (χ4n) is 2.67. The monoisotopic (exact) mass is 257 g/mol. The van der Waals surface area contributed by atoms with Crippen LogP contribution in [0, 0.1) is 16.7 Å². The van der Waals surface area contributed by atoms with E-state index < -0.39 is 9.84 Å². The normalized spacial score (nSPS) is 21.2. The molecule has 4 heteroatoms. The van der Waals surface area contributed by atoms with E-state index in [2.05, 4.69) is 6.07 Å². The molecular formula is C13H23NO2S. The summed E-state index contributed by atoms with van der Waals surface area (Å²) in [5, 5.41) is 9.39. The first kappa shape index (κ1) is 14.5. The van der Waals surface area contributed by atoms with Crippen LogP contribution < -0.4 is 0 Å². The predicted molar refractivity (Wildman–Crippen MR) is 69.3 cm³/mol. The van der Waals surface area contributed by atoms with Gasteiger partial charge in [-0.05, 0) is 25.7 Å². The Balaban J connectivity index is 2.51. The van der Waals surface area contributed by atoms with Crippen LogP contribution in [0.4, 0.5) is 0 Å². The molecule has 1 fully saturated rings. The summed E-state index contributed by atoms with van der Waals surface area (Å²) < 4.78 is 22.2. The van der Waals surface area contributed by atoms with Gasteiger partial charge in [-0.3, -0.25) is 0 Å². The fraction of sp³-hybridized carbons (Fsp3) is 0.923. The summed E-state index contributed by atoms with van der Waals surface area (Å²) in [6.45, 7) is 0. The van der Waals surface area contributed by atoms with Crippen LogP contribution in [0.15, 0.2) is 0 Å². The van der Waals surface area contributed by atoms with Crippen LogP contribution in [0.5, 0.6) is 0 Å². The topological polar surface area (TPSA) is 57.9 Å². The summed E-state index contributed by atoms with van der Waals surface area (Å²) in [5.74, 6) is 0.219. The number of sulfone groups is 1. The molecule has 0 aromatic rings. The zero-order valence-corrected chi connectivity index (χ0v) is 11.6. The van der Waals surface area contributed by atoms with Crippen LogP contribution in [-0.4, -0.2) is 20.4 Å². The van der Waals surface area contributed by atoms with E-state index in [4.69, 9.17) is 0 Å². The molecule has 1 rings (SSSR count). The van der Waals surface area contributed by atoms with E-state index in [1.54, 1.807) is 0 Å². The van der Waals surface area contributed by atoms with Gasteiger partial charge in [-0.2, -0.15) is 5.26 Å². The molecule has 0 unspecified atom stereocenters. The molecule has 1 saturated carbocycles. The van der Waals surface area contributed by atoms with Crippen LogP contribution in [0.25, 0.3) is 0 Å². The maximum absolute atomic E-state index is 11.1. The first-order chi connectivity index (χ1) is 7.97. The summed E-state index contributed by atoms with van der Waals surface area (Å²) >= 11 is 0. The van der Waals surface area contributed by atoms with Gasteiger partial charge in [0.25, 0.3) is 0 Å². The zero-order valence-electron chi connectivity index (χ0n) is 10.7. The molecule has 0 saturated heterocycles. The Kier molecular flexibility index (Phi) is 5.45. The molecule has 0 radical (unpaired) electrons. The molecule has 0 atom stereocenters. The van der Waals surface area contributed by atoms with Crippen molar-refractivity contribution in [1.29, 1.82) is 5.26 Å². The lowest BCUT2D eigenvalue weighted by Gasteiger charge is -2.28. The lowest BCUT2D eigenvalue weighted by molar-refractivity contribution is 0.268. The number of hydrogen-bond acceptors (Lipinski definition) is 3. The third-order valence-electron chi connectivity index (χ3n) is 3.72. The summed E-state index contributed by atoms with van der Waals surface area (Å²) in [5.41, 5.74) is -0.245. The van der Waals surface area contributed by atoms with Gasteiger partial charge < -0.3 is 0 Å². The average Bonchev–Trinajstić information content (AvgIpc) is 2.20. The van der Waals surface area contributed by atoms with Crippen molar-refractivity contribution in [2.45, 2.75) is 57.8 Å². The highest BCUT2D eigenvalue weighted by Crippen LogP contribution is 2.37. The molecule has 1 aliphatic rings. The molecule has 0 aromatic carbocycles. The Morgan fingerprint density at radius 1 is 1.12 bits per heavy atom. The molecule has 0 N–H and O–H groups in total. The van der Waals surface area contributed by atoms with Gasteiger partial charge in [0.2, 0.25) is 0 Å². The third kappa shape index (κ3) is 5.54. The summed E-state index contributed by atoms with van der Waals surface area (Å²) in [4.78, 5) is 0. The standard InChI is InChI=1S/C13H23NO2S/c1-17(15,16)11-7-10-13(12-14)8-5-3-2-4-6-9-13/h2-11H2,1H3. The number of hydrogen-bond donors (Lipinski definition) is 0. The zero-order chi connectivity index (χ0) is 12.8. The highest BCUT2D eigenvalue weighted by atomic mass is 32.2. The van der Waals surface area contributed by atoms with Gasteiger partial charge in [0.05, 0.1) is 11.5 Å². The first-order valence-corrected chi connectivity index (χ1v) is 8.63. The molecule has 0 bridgehead atoms. The van der Waals surface area contributed by atoms with Gasteiger partial charge in [-0.25, -0.2) is 8.42 Å². The van der Waals surface area contributed by atoms with Gasteiger partial charge in [-0.15, -0.1) is 0 Å². The van der Waals surface area contributed by atoms with Crippen LogP contribution in [0.2, 0.25) is 0 Å². The number of nitriles is 1. The molecule has 0 spiro atoms. The molecule has 1 aliphatic carbocycles. The van der Waals surface area contributed by atoms with E-state index in [0.29, 0.717) is 6.42 Å². The summed E-state index contributed by atoms with van der Waals surface area (Å²) in [6, 6.07) is 2.48. The maximum Gasteiger partial charge on any atom is 0.147 e. The van der Waals surface area contributed by atoms with Gasteiger partial charge >= 0.3 is 0 Å². The molecule has 98 valence electrons. The lowest BCUT2D eigenvalue weighted by Crippen LogP contribution is -2.21. The second-order valence-electron chi connectivity index (χ2n) is 5.39. The minimum absolute atomic E-state index is 0.219. The minimum atomic E-state index is -2.89. The first-order valence-electron chi connectivity index (χ1n) is 6.56. The second kappa shape index (κ2) is 6.39. The van der Waals surface area contributed by atoms with Crippen LogP contribution >= 0.6 is 0 Å². The van der Waals surface area contributed by atoms with Crippen molar-refractivity contribution in [1.82, 2.24) is 0 Å². The summed E-state index contributed by atoms with van der Waals surface area (Å²) in [7, 11) is -2.89. The van der Waals surface area contributed by atoms with Crippen molar-refractivity contribution in [2.24, 2.45) is 5.41 Å². The van der Waals surface area contributed by atoms with Crippen molar-refractivity contribution in [2.75, 3.05) is 12.0 Å². The van der Waals surface area contributed by atoms with E-state index in [9.17, 15) is 13.7 Å². The summed E-state index contributed by atoms with van der Waals surface area (Å²) in [6.07, 6.45) is 10.5. The highest BCUT2D eigenvalue weighted by Gasteiger charge is 2.29. The highest BCUT2D eigenvalue weighted by molar-refractivity contribution is 7.90. The smallest absolute Gasteiger partial charge is 0.147 e. The van der Waals surface area contributed by atoms with Crippen molar-refractivity contribution in [3.63, 3.8) is 0 Å². The van der Waals surface area contributed by atoms with Crippen molar-refractivity contribution in [3.05, 3.63) is 0 Å². The Bertz CT molecular complexity index is 359.